The van der Waals surface area contributed by atoms with Crippen molar-refractivity contribution in [3.05, 3.63) is 29.7 Å². The van der Waals surface area contributed by atoms with Gasteiger partial charge in [0, 0.05) is 12.8 Å². The summed E-state index contributed by atoms with van der Waals surface area (Å²) in [6, 6.07) is 3.47. The molecular formula is C15H20N2O5S. The fourth-order valence-corrected chi connectivity index (χ4v) is 3.63. The molecule has 0 amide bonds. The molecular weight excluding hydrogens is 320 g/mol. The molecule has 0 atom stereocenters. The molecule has 0 aliphatic heterocycles. The molecule has 23 heavy (non-hydrogen) atoms. The van der Waals surface area contributed by atoms with E-state index in [1.165, 1.54) is 0 Å². The van der Waals surface area contributed by atoms with Crippen molar-refractivity contribution in [3.63, 3.8) is 0 Å². The molecule has 2 rings (SSSR count). The Morgan fingerprint density at radius 1 is 1.43 bits per heavy atom. The molecule has 7 nitrogen and oxygen atoms in total. The summed E-state index contributed by atoms with van der Waals surface area (Å²) in [4.78, 5) is 16.8. The molecule has 0 saturated heterocycles. The lowest BCUT2D eigenvalue weighted by atomic mass is 10.2. The van der Waals surface area contributed by atoms with Crippen LogP contribution in [0.25, 0.3) is 5.65 Å². The summed E-state index contributed by atoms with van der Waals surface area (Å²) in [5, 5.41) is 8.74. The molecule has 2 heterocycles. The monoisotopic (exact) mass is 340 g/mol. The first-order valence-electron chi connectivity index (χ1n) is 7.34. The van der Waals surface area contributed by atoms with Crippen LogP contribution in [-0.4, -0.2) is 53.4 Å². The number of aliphatic hydroxyl groups is 1. The standard InChI is InChI=1S/C15H20N2O5S/c1-3-22-13-6-4-7-17-14(11(2)16-15(13)17)12(19)10-23(20,21)9-5-8-18/h4,6-7,18H,3,5,8-10H2,1-2H3. The molecule has 0 saturated carbocycles. The van der Waals surface area contributed by atoms with Gasteiger partial charge in [-0.25, -0.2) is 13.4 Å². The van der Waals surface area contributed by atoms with Crippen LogP contribution in [-0.2, 0) is 9.84 Å². The molecule has 0 aliphatic rings. The Balaban J connectivity index is 2.38. The number of carbonyl (C=O) groups is 1. The molecule has 0 aromatic carbocycles. The highest BCUT2D eigenvalue weighted by Gasteiger charge is 2.23. The summed E-state index contributed by atoms with van der Waals surface area (Å²) in [5.41, 5.74) is 1.19. The lowest BCUT2D eigenvalue weighted by Crippen LogP contribution is -2.21. The minimum absolute atomic E-state index is 0.121. The predicted molar refractivity (Wildman–Crippen MR) is 85.8 cm³/mol. The molecule has 126 valence electrons. The highest BCUT2D eigenvalue weighted by molar-refractivity contribution is 7.92. The second-order valence-corrected chi connectivity index (χ2v) is 7.32. The number of nitrogens with zero attached hydrogens (tertiary/aromatic N) is 2. The van der Waals surface area contributed by atoms with Gasteiger partial charge in [-0.3, -0.25) is 9.20 Å². The number of hydrogen-bond acceptors (Lipinski definition) is 6. The van der Waals surface area contributed by atoms with E-state index in [1.54, 1.807) is 29.7 Å². The highest BCUT2D eigenvalue weighted by atomic mass is 32.2. The van der Waals surface area contributed by atoms with E-state index in [2.05, 4.69) is 4.98 Å². The zero-order chi connectivity index (χ0) is 17.0. The number of pyridine rings is 1. The van der Waals surface area contributed by atoms with Crippen LogP contribution in [0.2, 0.25) is 0 Å². The summed E-state index contributed by atoms with van der Waals surface area (Å²) in [7, 11) is -3.56. The van der Waals surface area contributed by atoms with E-state index in [1.807, 2.05) is 6.92 Å². The average Bonchev–Trinajstić information content (AvgIpc) is 2.82. The number of ether oxygens (including phenoxy) is 1. The molecule has 0 unspecified atom stereocenters. The van der Waals surface area contributed by atoms with E-state index in [0.717, 1.165) is 0 Å². The maximum atomic E-state index is 12.4. The maximum Gasteiger partial charge on any atom is 0.196 e. The van der Waals surface area contributed by atoms with E-state index < -0.39 is 21.4 Å². The fraction of sp³-hybridized carbons (Fsp3) is 0.467. The summed E-state index contributed by atoms with van der Waals surface area (Å²) in [6.07, 6.45) is 1.78. The van der Waals surface area contributed by atoms with Crippen LogP contribution in [0.1, 0.15) is 29.5 Å². The third-order valence-electron chi connectivity index (χ3n) is 3.32. The number of imidazole rings is 1. The van der Waals surface area contributed by atoms with Crippen molar-refractivity contribution in [3.8, 4) is 5.75 Å². The Kier molecular flexibility index (Phi) is 5.38. The second-order valence-electron chi connectivity index (χ2n) is 5.14. The van der Waals surface area contributed by atoms with Gasteiger partial charge in [-0.1, -0.05) is 0 Å². The molecule has 0 fully saturated rings. The van der Waals surface area contributed by atoms with Crippen LogP contribution in [0, 0.1) is 6.92 Å². The van der Waals surface area contributed by atoms with Crippen molar-refractivity contribution >= 4 is 21.3 Å². The van der Waals surface area contributed by atoms with E-state index >= 15 is 0 Å². The molecule has 8 heteroatoms. The third kappa shape index (κ3) is 3.89. The van der Waals surface area contributed by atoms with Crippen molar-refractivity contribution in [2.75, 3.05) is 24.7 Å². The first kappa shape index (κ1) is 17.4. The maximum absolute atomic E-state index is 12.4. The molecule has 0 radical (unpaired) electrons. The predicted octanol–water partition coefficient (Wildman–Crippen LogP) is 1.02. The van der Waals surface area contributed by atoms with Crippen molar-refractivity contribution in [2.45, 2.75) is 20.3 Å². The Bertz CT molecular complexity index is 811. The van der Waals surface area contributed by atoms with Crippen molar-refractivity contribution in [1.29, 1.82) is 0 Å². The minimum atomic E-state index is -3.56. The Morgan fingerprint density at radius 3 is 2.83 bits per heavy atom. The van der Waals surface area contributed by atoms with Gasteiger partial charge in [-0.15, -0.1) is 0 Å². The van der Waals surface area contributed by atoms with Gasteiger partial charge in [0.25, 0.3) is 0 Å². The molecule has 0 aliphatic carbocycles. The van der Waals surface area contributed by atoms with Crippen molar-refractivity contribution in [2.24, 2.45) is 0 Å². The zero-order valence-corrected chi connectivity index (χ0v) is 14.0. The fourth-order valence-electron chi connectivity index (χ4n) is 2.38. The van der Waals surface area contributed by atoms with E-state index in [0.29, 0.717) is 23.7 Å². The number of aromatic nitrogens is 2. The Morgan fingerprint density at radius 2 is 2.17 bits per heavy atom. The van der Waals surface area contributed by atoms with Crippen molar-refractivity contribution < 1.29 is 23.1 Å². The van der Waals surface area contributed by atoms with Crippen LogP contribution >= 0.6 is 0 Å². The van der Waals surface area contributed by atoms with Crippen LogP contribution in [0.4, 0.5) is 0 Å². The number of rotatable bonds is 8. The van der Waals surface area contributed by atoms with Crippen LogP contribution in [0.5, 0.6) is 5.75 Å². The lowest BCUT2D eigenvalue weighted by Gasteiger charge is -2.06. The molecule has 2 aromatic heterocycles. The number of sulfone groups is 1. The van der Waals surface area contributed by atoms with E-state index in [9.17, 15) is 13.2 Å². The number of carbonyl (C=O) groups excluding carboxylic acids is 1. The first-order chi connectivity index (χ1) is 10.9. The first-order valence-corrected chi connectivity index (χ1v) is 9.16. The summed E-state index contributed by atoms with van der Waals surface area (Å²) >= 11 is 0. The second kappa shape index (κ2) is 7.10. The number of hydrogen-bond donors (Lipinski definition) is 1. The quantitative estimate of drug-likeness (QED) is 0.721. The van der Waals surface area contributed by atoms with Gasteiger partial charge in [0.2, 0.25) is 0 Å². The number of ketones is 1. The largest absolute Gasteiger partial charge is 0.490 e. The summed E-state index contributed by atoms with van der Waals surface area (Å²) in [5.74, 6) is -0.780. The Hall–Kier alpha value is -1.93. The number of aryl methyl sites for hydroxylation is 1. The molecule has 1 N–H and O–H groups in total. The third-order valence-corrected chi connectivity index (χ3v) is 4.93. The number of fused-ring (bicyclic) bond motifs is 1. The minimum Gasteiger partial charge on any atom is -0.490 e. The number of aliphatic hydroxyl groups excluding tert-OH is 1. The summed E-state index contributed by atoms with van der Waals surface area (Å²) in [6.45, 7) is 3.75. The van der Waals surface area contributed by atoms with Crippen molar-refractivity contribution in [1.82, 2.24) is 9.38 Å². The molecule has 0 spiro atoms. The average molecular weight is 340 g/mol. The van der Waals surface area contributed by atoms with Crippen LogP contribution in [0.3, 0.4) is 0 Å². The smallest absolute Gasteiger partial charge is 0.196 e. The van der Waals surface area contributed by atoms with Crippen LogP contribution < -0.4 is 4.74 Å². The van der Waals surface area contributed by atoms with E-state index in [-0.39, 0.29) is 24.5 Å². The highest BCUT2D eigenvalue weighted by Crippen LogP contribution is 2.22. The van der Waals surface area contributed by atoms with Gasteiger partial charge in [0.15, 0.2) is 27.0 Å². The zero-order valence-electron chi connectivity index (χ0n) is 13.2. The Labute approximate surface area is 134 Å². The molecule has 0 bridgehead atoms. The lowest BCUT2D eigenvalue weighted by molar-refractivity contribution is 0.101. The van der Waals surface area contributed by atoms with Gasteiger partial charge in [-0.2, -0.15) is 0 Å². The van der Waals surface area contributed by atoms with Crippen LogP contribution in [0.15, 0.2) is 18.3 Å². The van der Waals surface area contributed by atoms with Gasteiger partial charge < -0.3 is 9.84 Å². The topological polar surface area (TPSA) is 98.0 Å². The normalized spacial score (nSPS) is 11.8. The van der Waals surface area contributed by atoms with Gasteiger partial charge in [0.1, 0.15) is 11.4 Å². The van der Waals surface area contributed by atoms with Gasteiger partial charge >= 0.3 is 0 Å². The van der Waals surface area contributed by atoms with E-state index in [4.69, 9.17) is 9.84 Å². The molecule has 2 aromatic rings. The van der Waals surface area contributed by atoms with Gasteiger partial charge in [-0.05, 0) is 32.4 Å². The SMILES string of the molecule is CCOc1cccn2c(C(=O)CS(=O)(=O)CCCO)c(C)nc12. The van der Waals surface area contributed by atoms with Gasteiger partial charge in [0.05, 0.1) is 18.1 Å². The summed E-state index contributed by atoms with van der Waals surface area (Å²) < 4.78 is 30.9. The number of Topliss-reactive ketones (excluding diaryl/α,β-unsaturated/α-hetero) is 1.